The third-order valence-electron chi connectivity index (χ3n) is 3.50. The second kappa shape index (κ2) is 8.13. The summed E-state index contributed by atoms with van der Waals surface area (Å²) in [5.41, 5.74) is 1.18. The monoisotopic (exact) mass is 362 g/mol. The molecule has 1 amide bonds. The van der Waals surface area contributed by atoms with E-state index >= 15 is 0 Å². The molecule has 0 aliphatic rings. The number of sulfonamides is 1. The van der Waals surface area contributed by atoms with Crippen LogP contribution in [0.4, 0.5) is 5.69 Å². The van der Waals surface area contributed by atoms with Gasteiger partial charge in [0, 0.05) is 13.0 Å². The Morgan fingerprint density at radius 2 is 1.84 bits per heavy atom. The van der Waals surface area contributed by atoms with Crippen molar-refractivity contribution in [2.45, 2.75) is 31.7 Å². The Hall–Kier alpha value is -2.38. The SMILES string of the molecule is CCOc1ccc(S(=O)(=O)N[C@H](C)c2ccccc2)cc1NC(C)=O. The molecule has 0 aliphatic carbocycles. The molecule has 0 saturated heterocycles. The lowest BCUT2D eigenvalue weighted by Gasteiger charge is -2.16. The predicted molar refractivity (Wildman–Crippen MR) is 97.1 cm³/mol. The fraction of sp³-hybridized carbons (Fsp3) is 0.278. The van der Waals surface area contributed by atoms with E-state index in [4.69, 9.17) is 4.74 Å². The molecular weight excluding hydrogens is 340 g/mol. The molecule has 0 radical (unpaired) electrons. The van der Waals surface area contributed by atoms with Crippen LogP contribution in [0.3, 0.4) is 0 Å². The Morgan fingerprint density at radius 1 is 1.16 bits per heavy atom. The Bertz CT molecular complexity index is 835. The Kier molecular flexibility index (Phi) is 6.17. The van der Waals surface area contributed by atoms with Crippen molar-refractivity contribution in [2.24, 2.45) is 0 Å². The van der Waals surface area contributed by atoms with Crippen molar-refractivity contribution in [1.29, 1.82) is 0 Å². The Labute approximate surface area is 148 Å². The molecule has 0 aliphatic heterocycles. The number of nitrogens with one attached hydrogen (secondary N) is 2. The molecule has 6 nitrogen and oxygen atoms in total. The summed E-state index contributed by atoms with van der Waals surface area (Å²) in [6.07, 6.45) is 0. The molecule has 0 heterocycles. The zero-order valence-electron chi connectivity index (χ0n) is 14.4. The minimum Gasteiger partial charge on any atom is -0.492 e. The summed E-state index contributed by atoms with van der Waals surface area (Å²) < 4.78 is 33.4. The molecule has 0 unspecified atom stereocenters. The van der Waals surface area contributed by atoms with E-state index < -0.39 is 10.0 Å². The van der Waals surface area contributed by atoms with Gasteiger partial charge in [-0.3, -0.25) is 4.79 Å². The largest absolute Gasteiger partial charge is 0.492 e. The van der Waals surface area contributed by atoms with Gasteiger partial charge < -0.3 is 10.1 Å². The van der Waals surface area contributed by atoms with Crippen molar-refractivity contribution < 1.29 is 17.9 Å². The van der Waals surface area contributed by atoms with Crippen LogP contribution in [0.25, 0.3) is 0 Å². The third-order valence-corrected chi connectivity index (χ3v) is 5.04. The van der Waals surface area contributed by atoms with Crippen LogP contribution in [0.1, 0.15) is 32.4 Å². The smallest absolute Gasteiger partial charge is 0.241 e. The topological polar surface area (TPSA) is 84.5 Å². The maximum atomic E-state index is 12.7. The first kappa shape index (κ1) is 19.0. The number of carbonyl (C=O) groups excluding carboxylic acids is 1. The van der Waals surface area contributed by atoms with Crippen LogP contribution >= 0.6 is 0 Å². The first-order valence-electron chi connectivity index (χ1n) is 7.95. The van der Waals surface area contributed by atoms with Crippen LogP contribution < -0.4 is 14.8 Å². The molecule has 2 aromatic rings. The minimum absolute atomic E-state index is 0.0579. The summed E-state index contributed by atoms with van der Waals surface area (Å²) in [5.74, 6) is 0.119. The first-order chi connectivity index (χ1) is 11.8. The molecule has 0 saturated carbocycles. The molecule has 0 spiro atoms. The number of carbonyl (C=O) groups is 1. The summed E-state index contributed by atoms with van der Waals surface area (Å²) in [4.78, 5) is 11.4. The van der Waals surface area contributed by atoms with Crippen molar-refractivity contribution in [3.63, 3.8) is 0 Å². The Morgan fingerprint density at radius 3 is 2.44 bits per heavy atom. The second-order valence-electron chi connectivity index (χ2n) is 5.53. The van der Waals surface area contributed by atoms with E-state index in [-0.39, 0.29) is 16.8 Å². The van der Waals surface area contributed by atoms with Gasteiger partial charge in [0.25, 0.3) is 0 Å². The summed E-state index contributed by atoms with van der Waals surface area (Å²) in [5, 5.41) is 2.60. The summed E-state index contributed by atoms with van der Waals surface area (Å²) in [7, 11) is -3.75. The lowest BCUT2D eigenvalue weighted by molar-refractivity contribution is -0.114. The molecule has 0 bridgehead atoms. The molecular formula is C18H22N2O4S. The summed E-state index contributed by atoms with van der Waals surface area (Å²) in [6, 6.07) is 13.3. The van der Waals surface area contributed by atoms with Crippen LogP contribution in [-0.2, 0) is 14.8 Å². The Balaban J connectivity index is 2.30. The molecule has 0 fully saturated rings. The summed E-state index contributed by atoms with van der Waals surface area (Å²) >= 11 is 0. The van der Waals surface area contributed by atoms with Crippen molar-refractivity contribution in [1.82, 2.24) is 4.72 Å². The number of ether oxygens (including phenoxy) is 1. The van der Waals surface area contributed by atoms with E-state index in [2.05, 4.69) is 10.0 Å². The number of benzene rings is 2. The van der Waals surface area contributed by atoms with Gasteiger partial charge >= 0.3 is 0 Å². The quantitative estimate of drug-likeness (QED) is 0.793. The highest BCUT2D eigenvalue weighted by Gasteiger charge is 2.20. The molecule has 0 aromatic heterocycles. The van der Waals surface area contributed by atoms with Crippen molar-refractivity contribution in [3.8, 4) is 5.75 Å². The minimum atomic E-state index is -3.75. The first-order valence-corrected chi connectivity index (χ1v) is 9.43. The number of hydrogen-bond donors (Lipinski definition) is 2. The van der Waals surface area contributed by atoms with Crippen LogP contribution in [0, 0.1) is 0 Å². The van der Waals surface area contributed by atoms with Crippen LogP contribution in [-0.4, -0.2) is 20.9 Å². The van der Waals surface area contributed by atoms with Gasteiger partial charge in [0.2, 0.25) is 15.9 Å². The van der Waals surface area contributed by atoms with Gasteiger partial charge in [-0.15, -0.1) is 0 Å². The highest BCUT2D eigenvalue weighted by Crippen LogP contribution is 2.28. The molecule has 134 valence electrons. The lowest BCUT2D eigenvalue weighted by Crippen LogP contribution is -2.27. The average Bonchev–Trinajstić information content (AvgIpc) is 2.56. The predicted octanol–water partition coefficient (Wildman–Crippen LogP) is 3.08. The summed E-state index contributed by atoms with van der Waals surface area (Å²) in [6.45, 7) is 5.34. The van der Waals surface area contributed by atoms with Gasteiger partial charge in [0.1, 0.15) is 5.75 Å². The van der Waals surface area contributed by atoms with Gasteiger partial charge in [-0.1, -0.05) is 30.3 Å². The van der Waals surface area contributed by atoms with E-state index in [0.717, 1.165) is 5.56 Å². The highest BCUT2D eigenvalue weighted by atomic mass is 32.2. The zero-order chi connectivity index (χ0) is 18.4. The van der Waals surface area contributed by atoms with Crippen LogP contribution in [0.5, 0.6) is 5.75 Å². The second-order valence-corrected chi connectivity index (χ2v) is 7.24. The van der Waals surface area contributed by atoms with Crippen LogP contribution in [0.15, 0.2) is 53.4 Å². The molecule has 2 aromatic carbocycles. The number of rotatable bonds is 7. The van der Waals surface area contributed by atoms with Crippen molar-refractivity contribution >= 4 is 21.6 Å². The van der Waals surface area contributed by atoms with Gasteiger partial charge in [0.05, 0.1) is 17.2 Å². The molecule has 2 rings (SSSR count). The van der Waals surface area contributed by atoms with E-state index in [1.165, 1.54) is 25.1 Å². The number of hydrogen-bond acceptors (Lipinski definition) is 4. The van der Waals surface area contributed by atoms with Crippen molar-refractivity contribution in [3.05, 3.63) is 54.1 Å². The maximum absolute atomic E-state index is 12.7. The number of amides is 1. The van der Waals surface area contributed by atoms with E-state index in [9.17, 15) is 13.2 Å². The maximum Gasteiger partial charge on any atom is 0.241 e. The van der Waals surface area contributed by atoms with E-state index in [0.29, 0.717) is 18.0 Å². The van der Waals surface area contributed by atoms with Crippen molar-refractivity contribution in [2.75, 3.05) is 11.9 Å². The normalized spacial score (nSPS) is 12.4. The lowest BCUT2D eigenvalue weighted by atomic mass is 10.1. The van der Waals surface area contributed by atoms with Gasteiger partial charge in [-0.2, -0.15) is 0 Å². The third kappa shape index (κ3) is 5.04. The average molecular weight is 362 g/mol. The van der Waals surface area contributed by atoms with Crippen LogP contribution in [0.2, 0.25) is 0 Å². The van der Waals surface area contributed by atoms with E-state index in [1.807, 2.05) is 37.3 Å². The highest BCUT2D eigenvalue weighted by molar-refractivity contribution is 7.89. The molecule has 1 atom stereocenters. The molecule has 25 heavy (non-hydrogen) atoms. The van der Waals surface area contributed by atoms with Gasteiger partial charge in [0.15, 0.2) is 0 Å². The van der Waals surface area contributed by atoms with Gasteiger partial charge in [-0.05, 0) is 37.6 Å². The number of anilines is 1. The fourth-order valence-corrected chi connectivity index (χ4v) is 3.61. The fourth-order valence-electron chi connectivity index (χ4n) is 2.36. The molecule has 7 heteroatoms. The zero-order valence-corrected chi connectivity index (χ0v) is 15.3. The van der Waals surface area contributed by atoms with E-state index in [1.54, 1.807) is 6.92 Å². The molecule has 2 N–H and O–H groups in total. The standard InChI is InChI=1S/C18H22N2O4S/c1-4-24-18-11-10-16(12-17(18)19-14(3)21)25(22,23)20-13(2)15-8-6-5-7-9-15/h5-13,20H,4H2,1-3H3,(H,19,21)/t13-/m1/s1. The van der Waals surface area contributed by atoms with Gasteiger partial charge in [-0.25, -0.2) is 13.1 Å².